The number of fused-ring (bicyclic) bond motifs is 1. The fourth-order valence-electron chi connectivity index (χ4n) is 4.92. The maximum Gasteiger partial charge on any atom is 0.338 e. The van der Waals surface area contributed by atoms with Crippen molar-refractivity contribution < 1.29 is 19.0 Å². The number of ether oxygens (including phenoxy) is 3. The average Bonchev–Trinajstić information content (AvgIpc) is 3.26. The summed E-state index contributed by atoms with van der Waals surface area (Å²) in [6, 6.07) is 15.9. The summed E-state index contributed by atoms with van der Waals surface area (Å²) in [4.78, 5) is 32.8. The van der Waals surface area contributed by atoms with Crippen molar-refractivity contribution in [1.29, 1.82) is 0 Å². The van der Waals surface area contributed by atoms with Crippen molar-refractivity contribution in [2.24, 2.45) is 4.99 Å². The second kappa shape index (κ2) is 14.6. The van der Waals surface area contributed by atoms with E-state index in [4.69, 9.17) is 42.4 Å². The molecule has 1 aromatic heterocycles. The van der Waals surface area contributed by atoms with Crippen LogP contribution < -0.4 is 24.4 Å². The molecule has 5 rings (SSSR count). The van der Waals surface area contributed by atoms with Crippen molar-refractivity contribution in [3.05, 3.63) is 119 Å². The molecule has 234 valence electrons. The van der Waals surface area contributed by atoms with Gasteiger partial charge in [0, 0.05) is 30.3 Å². The fraction of sp³-hybridized carbons (Fsp3) is 0.242. The highest BCUT2D eigenvalue weighted by Crippen LogP contribution is 2.36. The van der Waals surface area contributed by atoms with Crippen molar-refractivity contribution >= 4 is 91.8 Å². The molecule has 0 amide bonds. The predicted octanol–water partition coefficient (Wildman–Crippen LogP) is 7.68. The maximum absolute atomic E-state index is 14.3. The zero-order valence-corrected chi connectivity index (χ0v) is 31.3. The molecular formula is C33H28Cl2I2N2O5S. The van der Waals surface area contributed by atoms with E-state index in [0.717, 1.165) is 18.3 Å². The number of thiazole rings is 1. The Morgan fingerprint density at radius 2 is 1.89 bits per heavy atom. The molecule has 3 aromatic carbocycles. The van der Waals surface area contributed by atoms with Crippen LogP contribution in [0.4, 0.5) is 0 Å². The van der Waals surface area contributed by atoms with Crippen molar-refractivity contribution in [1.82, 2.24) is 4.57 Å². The van der Waals surface area contributed by atoms with Crippen LogP contribution in [0, 0.1) is 7.14 Å². The van der Waals surface area contributed by atoms with Crippen LogP contribution in [-0.2, 0) is 16.1 Å². The van der Waals surface area contributed by atoms with Crippen molar-refractivity contribution in [3.63, 3.8) is 0 Å². The molecule has 1 aliphatic heterocycles. The fourth-order valence-corrected chi connectivity index (χ4v) is 8.47. The number of benzene rings is 3. The van der Waals surface area contributed by atoms with E-state index < -0.39 is 12.0 Å². The highest BCUT2D eigenvalue weighted by Gasteiger charge is 2.35. The average molecular weight is 889 g/mol. The van der Waals surface area contributed by atoms with E-state index in [1.165, 1.54) is 11.3 Å². The molecule has 0 fully saturated rings. The number of halogens is 4. The van der Waals surface area contributed by atoms with Crippen LogP contribution in [0.2, 0.25) is 10.0 Å². The van der Waals surface area contributed by atoms with Crippen LogP contribution in [-0.4, -0.2) is 23.2 Å². The predicted molar refractivity (Wildman–Crippen MR) is 195 cm³/mol. The highest BCUT2D eigenvalue weighted by molar-refractivity contribution is 14.1. The van der Waals surface area contributed by atoms with Gasteiger partial charge in [-0.3, -0.25) is 9.36 Å². The van der Waals surface area contributed by atoms with Crippen LogP contribution in [0.5, 0.6) is 11.5 Å². The second-order valence-corrected chi connectivity index (χ2v) is 14.6. The van der Waals surface area contributed by atoms with Gasteiger partial charge in [0.25, 0.3) is 5.56 Å². The minimum Gasteiger partial charge on any atom is -0.491 e. The van der Waals surface area contributed by atoms with E-state index in [2.05, 4.69) is 45.2 Å². The third-order valence-electron chi connectivity index (χ3n) is 6.80. The molecule has 0 aliphatic carbocycles. The van der Waals surface area contributed by atoms with E-state index in [9.17, 15) is 9.59 Å². The zero-order valence-electron chi connectivity index (χ0n) is 24.7. The Labute approximate surface area is 301 Å². The summed E-state index contributed by atoms with van der Waals surface area (Å²) >= 11 is 18.2. The Hall–Kier alpha value is -2.39. The summed E-state index contributed by atoms with van der Waals surface area (Å²) in [5.41, 5.74) is 2.66. The SMILES string of the molecule is CCOC(=O)C1=C(C)N=c2s/c(=C\c3cc(I)cc(I)c3OCc3ccc(Cl)cc3Cl)c(=O)n2[C@H]1c1ccccc1OC(C)C. The standard InChI is InChI=1S/C33H28Cl2I2N2O5S/c1-5-42-32(41)28-18(4)38-33-39(29(28)23-8-6-7-9-26(23)44-17(2)3)31(40)27(45-33)13-20-12-22(36)15-25(37)30(20)43-16-19-10-11-21(34)14-24(19)35/h6-15,17,29H,5,16H2,1-4H3/b27-13-/t29-/m0/s1. The Kier molecular flexibility index (Phi) is 11.0. The number of rotatable bonds is 9. The lowest BCUT2D eigenvalue weighted by molar-refractivity contribution is -0.139. The van der Waals surface area contributed by atoms with Gasteiger partial charge in [0.15, 0.2) is 4.80 Å². The molecule has 0 unspecified atom stereocenters. The van der Waals surface area contributed by atoms with Gasteiger partial charge in [-0.2, -0.15) is 0 Å². The summed E-state index contributed by atoms with van der Waals surface area (Å²) in [5.74, 6) is 0.664. The molecule has 1 aliphatic rings. The summed E-state index contributed by atoms with van der Waals surface area (Å²) in [6.45, 7) is 7.77. The topological polar surface area (TPSA) is 79.1 Å². The Balaban J connectivity index is 1.67. The van der Waals surface area contributed by atoms with Crippen molar-refractivity contribution in [3.8, 4) is 11.5 Å². The van der Waals surface area contributed by atoms with Crippen LogP contribution >= 0.6 is 79.7 Å². The smallest absolute Gasteiger partial charge is 0.338 e. The van der Waals surface area contributed by atoms with Gasteiger partial charge in [-0.05, 0) is 109 Å². The molecule has 0 saturated carbocycles. The summed E-state index contributed by atoms with van der Waals surface area (Å²) in [6.07, 6.45) is 1.69. The maximum atomic E-state index is 14.3. The number of allylic oxidation sites excluding steroid dienone is 1. The quantitative estimate of drug-likeness (QED) is 0.127. The molecule has 2 heterocycles. The molecular weight excluding hydrogens is 861 g/mol. The lowest BCUT2D eigenvalue weighted by Crippen LogP contribution is -2.40. The first-order chi connectivity index (χ1) is 21.5. The summed E-state index contributed by atoms with van der Waals surface area (Å²) in [7, 11) is 0. The van der Waals surface area contributed by atoms with E-state index in [0.29, 0.717) is 47.7 Å². The van der Waals surface area contributed by atoms with Gasteiger partial charge in [-0.25, -0.2) is 9.79 Å². The molecule has 7 nitrogen and oxygen atoms in total. The number of hydrogen-bond acceptors (Lipinski definition) is 7. The molecule has 0 saturated heterocycles. The van der Waals surface area contributed by atoms with Gasteiger partial charge in [0.1, 0.15) is 24.1 Å². The number of carbonyl (C=O) groups excluding carboxylic acids is 1. The molecule has 0 bridgehead atoms. The third-order valence-corrected chi connectivity index (χ3v) is 9.80. The highest BCUT2D eigenvalue weighted by atomic mass is 127. The minimum absolute atomic E-state index is 0.123. The Morgan fingerprint density at radius 1 is 1.13 bits per heavy atom. The largest absolute Gasteiger partial charge is 0.491 e. The van der Waals surface area contributed by atoms with Gasteiger partial charge in [-0.15, -0.1) is 0 Å². The normalized spacial score (nSPS) is 14.8. The number of esters is 1. The number of para-hydroxylation sites is 1. The van der Waals surface area contributed by atoms with Gasteiger partial charge in [-0.1, -0.05) is 58.8 Å². The van der Waals surface area contributed by atoms with E-state index in [1.54, 1.807) is 30.5 Å². The number of aromatic nitrogens is 1. The van der Waals surface area contributed by atoms with E-state index in [1.807, 2.05) is 62.4 Å². The summed E-state index contributed by atoms with van der Waals surface area (Å²) in [5, 5.41) is 1.05. The number of carbonyl (C=O) groups is 1. The van der Waals surface area contributed by atoms with Crippen molar-refractivity contribution in [2.45, 2.75) is 46.4 Å². The monoisotopic (exact) mass is 888 g/mol. The van der Waals surface area contributed by atoms with Gasteiger partial charge in [0.2, 0.25) is 0 Å². The molecule has 12 heteroatoms. The van der Waals surface area contributed by atoms with Crippen molar-refractivity contribution in [2.75, 3.05) is 6.61 Å². The minimum atomic E-state index is -0.795. The third kappa shape index (κ3) is 7.45. The van der Waals surface area contributed by atoms with Crippen LogP contribution in [0.15, 0.2) is 75.7 Å². The molecule has 0 N–H and O–H groups in total. The van der Waals surface area contributed by atoms with E-state index >= 15 is 0 Å². The van der Waals surface area contributed by atoms with Crippen LogP contribution in [0.25, 0.3) is 6.08 Å². The van der Waals surface area contributed by atoms with Crippen LogP contribution in [0.1, 0.15) is 50.4 Å². The van der Waals surface area contributed by atoms with Gasteiger partial charge >= 0.3 is 5.97 Å². The Bertz CT molecular complexity index is 2000. The molecule has 1 atom stereocenters. The van der Waals surface area contributed by atoms with Gasteiger partial charge in [0.05, 0.1) is 32.1 Å². The first kappa shape index (κ1) is 34.0. The van der Waals surface area contributed by atoms with E-state index in [-0.39, 0.29) is 24.9 Å². The number of hydrogen-bond donors (Lipinski definition) is 0. The van der Waals surface area contributed by atoms with Gasteiger partial charge < -0.3 is 14.2 Å². The first-order valence-corrected chi connectivity index (χ1v) is 17.7. The summed E-state index contributed by atoms with van der Waals surface area (Å²) < 4.78 is 21.7. The lowest BCUT2D eigenvalue weighted by atomic mass is 9.95. The molecule has 0 spiro atoms. The molecule has 0 radical (unpaired) electrons. The number of nitrogens with zero attached hydrogens (tertiary/aromatic N) is 2. The Morgan fingerprint density at radius 3 is 2.60 bits per heavy atom. The second-order valence-electron chi connectivity index (χ2n) is 10.3. The van der Waals surface area contributed by atoms with Crippen LogP contribution in [0.3, 0.4) is 0 Å². The first-order valence-electron chi connectivity index (χ1n) is 14.0. The molecule has 45 heavy (non-hydrogen) atoms. The lowest BCUT2D eigenvalue weighted by Gasteiger charge is -2.26. The molecule has 4 aromatic rings. The zero-order chi connectivity index (χ0) is 32.4.